The van der Waals surface area contributed by atoms with Gasteiger partial charge in [-0.3, -0.25) is 4.79 Å². The molecule has 2 N–H and O–H groups in total. The van der Waals surface area contributed by atoms with Gasteiger partial charge in [0.15, 0.2) is 5.58 Å². The third-order valence-corrected chi connectivity index (χ3v) is 4.86. The number of benzene rings is 1. The van der Waals surface area contributed by atoms with Gasteiger partial charge in [-0.25, -0.2) is 4.98 Å². The van der Waals surface area contributed by atoms with Crippen LogP contribution in [0.4, 0.5) is 19.2 Å². The summed E-state index contributed by atoms with van der Waals surface area (Å²) in [5.74, 6) is -0.543. The third-order valence-electron chi connectivity index (χ3n) is 4.86. The van der Waals surface area contributed by atoms with Crippen LogP contribution >= 0.6 is 0 Å². The Morgan fingerprint density at radius 2 is 1.96 bits per heavy atom. The molecule has 6 nitrogen and oxygen atoms in total. The molecule has 140 valence electrons. The molecule has 3 aromatic rings. The second-order valence-electron chi connectivity index (χ2n) is 6.85. The summed E-state index contributed by atoms with van der Waals surface area (Å²) < 4.78 is 44.3. The average Bonchev–Trinajstić information content (AvgIpc) is 3.11. The number of rotatable bonds is 2. The highest BCUT2D eigenvalue weighted by molar-refractivity contribution is 5.95. The van der Waals surface area contributed by atoms with E-state index in [9.17, 15) is 18.0 Å². The number of oxazole rings is 1. The SMILES string of the molecule is CC1(C)c2cccc(C(N)=O)c2CN1c1nc2nc(C(F)(F)F)ccc2o1. The lowest BCUT2D eigenvalue weighted by Gasteiger charge is -2.30. The summed E-state index contributed by atoms with van der Waals surface area (Å²) in [5, 5.41) is 0. The van der Waals surface area contributed by atoms with Gasteiger partial charge in [0.1, 0.15) is 5.69 Å². The van der Waals surface area contributed by atoms with Crippen molar-refractivity contribution in [1.29, 1.82) is 0 Å². The summed E-state index contributed by atoms with van der Waals surface area (Å²) in [4.78, 5) is 21.2. The van der Waals surface area contributed by atoms with Gasteiger partial charge < -0.3 is 15.1 Å². The molecule has 0 saturated heterocycles. The van der Waals surface area contributed by atoms with Crippen LogP contribution in [0.3, 0.4) is 0 Å². The number of nitrogens with zero attached hydrogens (tertiary/aromatic N) is 3. The molecule has 9 heteroatoms. The number of alkyl halides is 3. The third kappa shape index (κ3) is 2.61. The van der Waals surface area contributed by atoms with Crippen molar-refractivity contribution < 1.29 is 22.4 Å². The first kappa shape index (κ1) is 17.3. The number of halogens is 3. The van der Waals surface area contributed by atoms with E-state index in [2.05, 4.69) is 9.97 Å². The van der Waals surface area contributed by atoms with Gasteiger partial charge in [0.2, 0.25) is 11.6 Å². The van der Waals surface area contributed by atoms with E-state index in [-0.39, 0.29) is 17.2 Å². The standard InChI is InChI=1S/C18H15F3N4O2/c1-17(2)11-5-3-4-9(14(22)26)10(11)8-25(17)16-24-15-12(27-16)6-7-13(23-15)18(19,20)21/h3-7H,8H2,1-2H3,(H2,22,26). The number of carbonyl (C=O) groups is 1. The minimum atomic E-state index is -4.56. The second kappa shape index (κ2) is 5.45. The van der Waals surface area contributed by atoms with Crippen molar-refractivity contribution in [3.05, 3.63) is 52.7 Å². The lowest BCUT2D eigenvalue weighted by Crippen LogP contribution is -2.35. The number of primary amides is 1. The van der Waals surface area contributed by atoms with Gasteiger partial charge in [-0.15, -0.1) is 0 Å². The normalized spacial score (nSPS) is 16.0. The van der Waals surface area contributed by atoms with Crippen LogP contribution in [0.1, 0.15) is 41.0 Å². The van der Waals surface area contributed by atoms with Gasteiger partial charge in [0.25, 0.3) is 0 Å². The quantitative estimate of drug-likeness (QED) is 0.739. The van der Waals surface area contributed by atoms with Crippen molar-refractivity contribution in [2.75, 3.05) is 4.90 Å². The molecule has 0 fully saturated rings. The number of aromatic nitrogens is 2. The van der Waals surface area contributed by atoms with E-state index in [1.807, 2.05) is 19.9 Å². The molecular formula is C18H15F3N4O2. The van der Waals surface area contributed by atoms with E-state index >= 15 is 0 Å². The molecule has 3 heterocycles. The van der Waals surface area contributed by atoms with Crippen LogP contribution in [-0.2, 0) is 18.3 Å². The predicted molar refractivity (Wildman–Crippen MR) is 91.0 cm³/mol. The molecule has 0 unspecified atom stereocenters. The molecule has 1 aromatic carbocycles. The Labute approximate surface area is 151 Å². The van der Waals surface area contributed by atoms with Crippen LogP contribution < -0.4 is 10.6 Å². The van der Waals surface area contributed by atoms with Gasteiger partial charge in [-0.05, 0) is 43.2 Å². The first-order chi connectivity index (χ1) is 12.6. The number of hydrogen-bond donors (Lipinski definition) is 1. The number of amides is 1. The zero-order valence-electron chi connectivity index (χ0n) is 14.5. The Morgan fingerprint density at radius 1 is 1.22 bits per heavy atom. The molecule has 0 saturated carbocycles. The maximum absolute atomic E-state index is 12.9. The number of nitrogens with two attached hydrogens (primary N) is 1. The lowest BCUT2D eigenvalue weighted by molar-refractivity contribution is -0.141. The summed E-state index contributed by atoms with van der Waals surface area (Å²) in [6.45, 7) is 4.11. The maximum atomic E-state index is 12.9. The molecule has 1 amide bonds. The van der Waals surface area contributed by atoms with Crippen LogP contribution in [0.2, 0.25) is 0 Å². The molecule has 0 radical (unpaired) electrons. The van der Waals surface area contributed by atoms with Crippen LogP contribution in [0, 0.1) is 0 Å². The number of fused-ring (bicyclic) bond motifs is 2. The van der Waals surface area contributed by atoms with Crippen molar-refractivity contribution in [3.8, 4) is 0 Å². The van der Waals surface area contributed by atoms with Gasteiger partial charge in [0, 0.05) is 12.1 Å². The number of carbonyl (C=O) groups excluding carboxylic acids is 1. The Bertz CT molecular complexity index is 1070. The summed E-state index contributed by atoms with van der Waals surface area (Å²) in [6.07, 6.45) is -4.56. The van der Waals surface area contributed by atoms with Crippen LogP contribution in [0.15, 0.2) is 34.7 Å². The van der Waals surface area contributed by atoms with Gasteiger partial charge >= 0.3 is 12.2 Å². The van der Waals surface area contributed by atoms with E-state index < -0.39 is 23.3 Å². The van der Waals surface area contributed by atoms with Crippen molar-refractivity contribution in [2.45, 2.75) is 32.1 Å². The fourth-order valence-corrected chi connectivity index (χ4v) is 3.45. The topological polar surface area (TPSA) is 85.3 Å². The van der Waals surface area contributed by atoms with E-state index in [4.69, 9.17) is 10.2 Å². The van der Waals surface area contributed by atoms with Crippen LogP contribution in [-0.4, -0.2) is 15.9 Å². The highest BCUT2D eigenvalue weighted by atomic mass is 19.4. The molecule has 0 aliphatic carbocycles. The number of pyridine rings is 1. The highest BCUT2D eigenvalue weighted by Gasteiger charge is 2.41. The second-order valence-corrected chi connectivity index (χ2v) is 6.85. The number of hydrogen-bond acceptors (Lipinski definition) is 5. The Kier molecular flexibility index (Phi) is 3.49. The summed E-state index contributed by atoms with van der Waals surface area (Å²) in [6, 6.07) is 7.45. The zero-order valence-corrected chi connectivity index (χ0v) is 14.5. The van der Waals surface area contributed by atoms with Crippen molar-refractivity contribution in [2.24, 2.45) is 5.73 Å². The minimum Gasteiger partial charge on any atom is -0.422 e. The highest BCUT2D eigenvalue weighted by Crippen LogP contribution is 2.43. The summed E-state index contributed by atoms with van der Waals surface area (Å²) in [7, 11) is 0. The van der Waals surface area contributed by atoms with E-state index in [1.54, 1.807) is 17.0 Å². The van der Waals surface area contributed by atoms with E-state index in [1.165, 1.54) is 6.07 Å². The monoisotopic (exact) mass is 376 g/mol. The molecule has 2 aromatic heterocycles. The molecule has 1 aliphatic rings. The van der Waals surface area contributed by atoms with Gasteiger partial charge in [-0.1, -0.05) is 12.1 Å². The predicted octanol–water partition coefficient (Wildman–Crippen LogP) is 3.60. The zero-order chi connectivity index (χ0) is 19.6. The summed E-state index contributed by atoms with van der Waals surface area (Å²) >= 11 is 0. The van der Waals surface area contributed by atoms with Crippen molar-refractivity contribution >= 4 is 23.2 Å². The summed E-state index contributed by atoms with van der Waals surface area (Å²) in [5.41, 5.74) is 5.89. The largest absolute Gasteiger partial charge is 0.433 e. The Balaban J connectivity index is 1.80. The van der Waals surface area contributed by atoms with Crippen LogP contribution in [0.5, 0.6) is 0 Å². The molecular weight excluding hydrogens is 361 g/mol. The Hall–Kier alpha value is -3.10. The molecule has 4 rings (SSSR count). The molecule has 27 heavy (non-hydrogen) atoms. The lowest BCUT2D eigenvalue weighted by atomic mass is 9.91. The van der Waals surface area contributed by atoms with Crippen molar-refractivity contribution in [3.63, 3.8) is 0 Å². The maximum Gasteiger partial charge on any atom is 0.433 e. The van der Waals surface area contributed by atoms with Crippen LogP contribution in [0.25, 0.3) is 11.2 Å². The molecule has 0 spiro atoms. The van der Waals surface area contributed by atoms with E-state index in [0.29, 0.717) is 12.1 Å². The fraction of sp³-hybridized carbons (Fsp3) is 0.278. The Morgan fingerprint density at radius 3 is 2.63 bits per heavy atom. The van der Waals surface area contributed by atoms with Crippen molar-refractivity contribution in [1.82, 2.24) is 9.97 Å². The molecule has 0 atom stereocenters. The first-order valence-corrected chi connectivity index (χ1v) is 8.13. The molecule has 0 bridgehead atoms. The average molecular weight is 376 g/mol. The van der Waals surface area contributed by atoms with Gasteiger partial charge in [0.05, 0.1) is 5.54 Å². The van der Waals surface area contributed by atoms with Gasteiger partial charge in [-0.2, -0.15) is 18.2 Å². The fourth-order valence-electron chi connectivity index (χ4n) is 3.45. The first-order valence-electron chi connectivity index (χ1n) is 8.13. The molecule has 1 aliphatic heterocycles. The number of anilines is 1. The minimum absolute atomic E-state index is 0.123. The smallest absolute Gasteiger partial charge is 0.422 e. The van der Waals surface area contributed by atoms with E-state index in [0.717, 1.165) is 17.2 Å².